The zero-order chi connectivity index (χ0) is 17.7. The highest BCUT2D eigenvalue weighted by molar-refractivity contribution is 5.93. The van der Waals surface area contributed by atoms with Gasteiger partial charge in [0, 0.05) is 35.8 Å². The van der Waals surface area contributed by atoms with Gasteiger partial charge >= 0.3 is 0 Å². The molecule has 0 atom stereocenters. The largest absolute Gasteiger partial charge is 0.252 e. The van der Waals surface area contributed by atoms with Gasteiger partial charge in [-0.3, -0.25) is 0 Å². The summed E-state index contributed by atoms with van der Waals surface area (Å²) < 4.78 is 3.62. The first kappa shape index (κ1) is 14.9. The molecule has 1 aromatic carbocycles. The van der Waals surface area contributed by atoms with Crippen LogP contribution in [0.2, 0.25) is 0 Å². The maximum Gasteiger partial charge on any atom is 0.252 e. The highest BCUT2D eigenvalue weighted by Crippen LogP contribution is 2.18. The minimum Gasteiger partial charge on any atom is -0.220 e. The molecule has 0 N–H and O–H groups in total. The Morgan fingerprint density at radius 3 is 2.58 bits per heavy atom. The molecule has 0 radical (unpaired) electrons. The van der Waals surface area contributed by atoms with E-state index in [4.69, 9.17) is 4.98 Å². The Bertz CT molecular complexity index is 1270. The van der Waals surface area contributed by atoms with Gasteiger partial charge in [0.2, 0.25) is 0 Å². The number of pyridine rings is 1. The molecule has 0 spiro atoms. The Labute approximate surface area is 149 Å². The summed E-state index contributed by atoms with van der Waals surface area (Å²) in [6.45, 7) is 3.97. The van der Waals surface area contributed by atoms with Gasteiger partial charge in [0.15, 0.2) is 17.3 Å². The molecule has 7 nitrogen and oxygen atoms in total. The summed E-state index contributed by atoms with van der Waals surface area (Å²) in [7, 11) is 0. The summed E-state index contributed by atoms with van der Waals surface area (Å²) in [5.74, 6) is 2.20. The van der Waals surface area contributed by atoms with Crippen LogP contribution in [0.3, 0.4) is 0 Å². The topological polar surface area (TPSA) is 73.3 Å². The van der Waals surface area contributed by atoms with Crippen molar-refractivity contribution < 1.29 is 0 Å². The van der Waals surface area contributed by atoms with Gasteiger partial charge in [-0.15, -0.1) is 5.10 Å². The fourth-order valence-corrected chi connectivity index (χ4v) is 3.30. The van der Waals surface area contributed by atoms with E-state index in [-0.39, 0.29) is 0 Å². The predicted octanol–water partition coefficient (Wildman–Crippen LogP) is 2.72. The summed E-state index contributed by atoms with van der Waals surface area (Å²) in [5.41, 5.74) is 2.86. The predicted molar refractivity (Wildman–Crippen MR) is 98.2 cm³/mol. The smallest absolute Gasteiger partial charge is 0.220 e. The number of aryl methyl sites for hydroxylation is 4. The van der Waals surface area contributed by atoms with Crippen molar-refractivity contribution in [2.75, 3.05) is 0 Å². The van der Waals surface area contributed by atoms with Crippen molar-refractivity contribution in [3.05, 3.63) is 65.6 Å². The third kappa shape index (κ3) is 2.40. The van der Waals surface area contributed by atoms with E-state index in [0.717, 1.165) is 39.5 Å². The van der Waals surface area contributed by atoms with Crippen LogP contribution in [0.25, 0.3) is 22.2 Å². The molecule has 4 aromatic heterocycles. The molecule has 0 amide bonds. The van der Waals surface area contributed by atoms with Crippen LogP contribution in [-0.4, -0.2) is 34.2 Å². The minimum absolute atomic E-state index is 0.645. The molecule has 0 aliphatic heterocycles. The fraction of sp³-hybridized carbons (Fsp3) is 0.211. The van der Waals surface area contributed by atoms with Gasteiger partial charge in [-0.1, -0.05) is 24.3 Å². The highest BCUT2D eigenvalue weighted by Gasteiger charge is 2.11. The van der Waals surface area contributed by atoms with Crippen LogP contribution in [0, 0.1) is 13.8 Å². The van der Waals surface area contributed by atoms with Gasteiger partial charge in [0.05, 0.1) is 0 Å². The van der Waals surface area contributed by atoms with Crippen LogP contribution >= 0.6 is 0 Å². The molecule has 5 rings (SSSR count). The summed E-state index contributed by atoms with van der Waals surface area (Å²) in [5, 5.41) is 11.4. The lowest BCUT2D eigenvalue weighted by Crippen LogP contribution is -1.98. The lowest BCUT2D eigenvalue weighted by molar-refractivity contribution is 0.782. The SMILES string of the molecule is Cc1cc(C)n2nc(CCc3nc4c5ccccc5ccn4n3)nc2n1. The number of benzene rings is 1. The van der Waals surface area contributed by atoms with E-state index >= 15 is 0 Å². The molecule has 0 aliphatic carbocycles. The molecule has 0 unspecified atom stereocenters. The summed E-state index contributed by atoms with van der Waals surface area (Å²) >= 11 is 0. The van der Waals surface area contributed by atoms with Crippen LogP contribution in [-0.2, 0) is 12.8 Å². The number of rotatable bonds is 3. The summed E-state index contributed by atoms with van der Waals surface area (Å²) in [4.78, 5) is 13.7. The number of fused-ring (bicyclic) bond motifs is 4. The van der Waals surface area contributed by atoms with E-state index in [2.05, 4.69) is 38.4 Å². The van der Waals surface area contributed by atoms with Gasteiger partial charge in [-0.05, 0) is 31.4 Å². The molecular formula is C19H17N7. The molecular weight excluding hydrogens is 326 g/mol. The third-order valence-electron chi connectivity index (χ3n) is 4.51. The highest BCUT2D eigenvalue weighted by atomic mass is 15.3. The van der Waals surface area contributed by atoms with Crippen molar-refractivity contribution >= 4 is 22.2 Å². The average Bonchev–Trinajstić information content (AvgIpc) is 3.23. The second kappa shape index (κ2) is 5.59. The Morgan fingerprint density at radius 1 is 0.885 bits per heavy atom. The van der Waals surface area contributed by atoms with Crippen LogP contribution in [0.4, 0.5) is 0 Å². The van der Waals surface area contributed by atoms with Gasteiger partial charge in [-0.2, -0.15) is 10.1 Å². The first-order valence-corrected chi connectivity index (χ1v) is 8.60. The maximum atomic E-state index is 4.72. The van der Waals surface area contributed by atoms with Crippen molar-refractivity contribution in [2.24, 2.45) is 0 Å². The number of hydrogen-bond donors (Lipinski definition) is 0. The molecule has 128 valence electrons. The van der Waals surface area contributed by atoms with E-state index in [1.807, 2.05) is 42.8 Å². The third-order valence-corrected chi connectivity index (χ3v) is 4.51. The van der Waals surface area contributed by atoms with Gasteiger partial charge < -0.3 is 0 Å². The normalized spacial score (nSPS) is 11.8. The van der Waals surface area contributed by atoms with Crippen molar-refractivity contribution in [1.29, 1.82) is 0 Å². The van der Waals surface area contributed by atoms with Crippen molar-refractivity contribution in [3.8, 4) is 0 Å². The van der Waals surface area contributed by atoms with Crippen molar-refractivity contribution in [2.45, 2.75) is 26.7 Å². The van der Waals surface area contributed by atoms with E-state index in [1.54, 1.807) is 4.52 Å². The van der Waals surface area contributed by atoms with Crippen LogP contribution in [0.1, 0.15) is 23.0 Å². The Hall–Kier alpha value is -3.35. The van der Waals surface area contributed by atoms with Gasteiger partial charge in [0.1, 0.15) is 0 Å². The molecule has 7 heteroatoms. The van der Waals surface area contributed by atoms with Crippen LogP contribution < -0.4 is 0 Å². The molecule has 26 heavy (non-hydrogen) atoms. The zero-order valence-corrected chi connectivity index (χ0v) is 14.6. The summed E-state index contributed by atoms with van der Waals surface area (Å²) in [6, 6.07) is 12.3. The first-order chi connectivity index (χ1) is 12.7. The molecule has 0 saturated heterocycles. The van der Waals surface area contributed by atoms with E-state index in [0.29, 0.717) is 18.6 Å². The number of nitrogens with zero attached hydrogens (tertiary/aromatic N) is 7. The Kier molecular flexibility index (Phi) is 3.21. The standard InChI is InChI=1S/C19H17N7/c1-12-11-13(2)26-19(20-12)22-17(24-26)8-7-16-21-18-15-6-4-3-5-14(15)9-10-25(18)23-16/h3-6,9-11H,7-8H2,1-2H3. The first-order valence-electron chi connectivity index (χ1n) is 8.60. The number of hydrogen-bond acceptors (Lipinski definition) is 5. The summed E-state index contributed by atoms with van der Waals surface area (Å²) in [6.07, 6.45) is 3.31. The fourth-order valence-electron chi connectivity index (χ4n) is 3.30. The van der Waals surface area contributed by atoms with E-state index < -0.39 is 0 Å². The van der Waals surface area contributed by atoms with E-state index in [9.17, 15) is 0 Å². The molecule has 5 aromatic rings. The monoisotopic (exact) mass is 343 g/mol. The molecule has 0 bridgehead atoms. The second-order valence-electron chi connectivity index (χ2n) is 6.48. The molecule has 0 saturated carbocycles. The second-order valence-corrected chi connectivity index (χ2v) is 6.48. The Morgan fingerprint density at radius 2 is 1.69 bits per heavy atom. The van der Waals surface area contributed by atoms with E-state index in [1.165, 1.54) is 0 Å². The molecule has 4 heterocycles. The number of aromatic nitrogens is 7. The van der Waals surface area contributed by atoms with Crippen molar-refractivity contribution in [3.63, 3.8) is 0 Å². The molecule has 0 fully saturated rings. The average molecular weight is 343 g/mol. The van der Waals surface area contributed by atoms with Gasteiger partial charge in [0.25, 0.3) is 5.78 Å². The van der Waals surface area contributed by atoms with Gasteiger partial charge in [-0.25, -0.2) is 19.0 Å². The minimum atomic E-state index is 0.645. The van der Waals surface area contributed by atoms with Crippen LogP contribution in [0.5, 0.6) is 0 Å². The quantitative estimate of drug-likeness (QED) is 0.504. The molecule has 0 aliphatic rings. The Balaban J connectivity index is 1.46. The lowest BCUT2D eigenvalue weighted by Gasteiger charge is -1.97. The zero-order valence-electron chi connectivity index (χ0n) is 14.6. The maximum absolute atomic E-state index is 4.72. The van der Waals surface area contributed by atoms with Crippen LogP contribution in [0.15, 0.2) is 42.6 Å². The van der Waals surface area contributed by atoms with Crippen molar-refractivity contribution in [1.82, 2.24) is 34.2 Å². The lowest BCUT2D eigenvalue weighted by atomic mass is 10.2.